The van der Waals surface area contributed by atoms with E-state index in [1.165, 1.54) is 5.56 Å². The van der Waals surface area contributed by atoms with Crippen LogP contribution in [0.15, 0.2) is 84.9 Å². The van der Waals surface area contributed by atoms with Gasteiger partial charge in [0.25, 0.3) is 0 Å². The lowest BCUT2D eigenvalue weighted by Gasteiger charge is -2.24. The molecule has 55 heavy (non-hydrogen) atoms. The molecule has 0 spiro atoms. The van der Waals surface area contributed by atoms with Crippen molar-refractivity contribution in [3.63, 3.8) is 0 Å². The van der Waals surface area contributed by atoms with E-state index in [2.05, 4.69) is 53.0 Å². The number of ether oxygens (including phenoxy) is 1. The second-order valence-electron chi connectivity index (χ2n) is 15.6. The zero-order valence-corrected chi connectivity index (χ0v) is 32.5. The number of amides is 1. The number of phenols is 1. The molecule has 0 bridgehead atoms. The number of para-hydroxylation sites is 2. The summed E-state index contributed by atoms with van der Waals surface area (Å²) in [6.07, 6.45) is 1.65. The standard InChI is InChI=1S/C25H30N4O2.C19H20N4O/c1-16-10-11-17(2)20(14-16)23-27-21-9-7-6-8-19(21)22(28-23)26-18-12-13-29(15-18)24(30)31-25(3,4)5;1-12-6-7-17(24)15(10-12)19-22-16-5-3-2-4-14(16)18(23-19)21-13-8-9-20-11-13/h6-11,14,18H,12-13,15H2,1-5H3,(H,26,27,28);2-7,10,13,20,24H,8-9,11H2,1H3,(H,21,22,23)/t18-;13-/m00/s1. The van der Waals surface area contributed by atoms with Crippen LogP contribution in [0.5, 0.6) is 5.75 Å². The van der Waals surface area contributed by atoms with E-state index in [4.69, 9.17) is 19.7 Å². The van der Waals surface area contributed by atoms with Crippen LogP contribution in [0.4, 0.5) is 16.4 Å². The Balaban J connectivity index is 0.000000174. The molecule has 8 rings (SSSR count). The third-order valence-corrected chi connectivity index (χ3v) is 9.82. The summed E-state index contributed by atoms with van der Waals surface area (Å²) in [4.78, 5) is 33.3. The molecule has 0 radical (unpaired) electrons. The van der Waals surface area contributed by atoms with Gasteiger partial charge in [-0.15, -0.1) is 0 Å². The number of fused-ring (bicyclic) bond motifs is 2. The lowest BCUT2D eigenvalue weighted by Crippen LogP contribution is -2.36. The Kier molecular flexibility index (Phi) is 10.8. The number of aromatic hydroxyl groups is 1. The molecule has 2 aliphatic rings. The lowest BCUT2D eigenvalue weighted by molar-refractivity contribution is 0.0293. The second kappa shape index (κ2) is 15.9. The van der Waals surface area contributed by atoms with E-state index in [-0.39, 0.29) is 17.9 Å². The third-order valence-electron chi connectivity index (χ3n) is 9.82. The van der Waals surface area contributed by atoms with Crippen LogP contribution in [-0.2, 0) is 4.74 Å². The van der Waals surface area contributed by atoms with Gasteiger partial charge in [-0.05, 0) is 109 Å². The van der Waals surface area contributed by atoms with E-state index in [1.807, 2.05) is 88.4 Å². The Morgan fingerprint density at radius 3 is 1.96 bits per heavy atom. The molecule has 11 heteroatoms. The van der Waals surface area contributed by atoms with Crippen molar-refractivity contribution in [1.82, 2.24) is 30.2 Å². The number of rotatable bonds is 6. The lowest BCUT2D eigenvalue weighted by atomic mass is 10.0. The highest BCUT2D eigenvalue weighted by Gasteiger charge is 2.30. The van der Waals surface area contributed by atoms with Crippen molar-refractivity contribution < 1.29 is 14.6 Å². The van der Waals surface area contributed by atoms with Crippen molar-refractivity contribution in [3.05, 3.63) is 102 Å². The number of carbonyl (C=O) groups excluding carboxylic acids is 1. The van der Waals surface area contributed by atoms with Crippen molar-refractivity contribution in [3.8, 4) is 28.5 Å². The average Bonchev–Trinajstić information content (AvgIpc) is 3.86. The second-order valence-corrected chi connectivity index (χ2v) is 15.6. The molecule has 0 unspecified atom stereocenters. The fourth-order valence-electron chi connectivity index (χ4n) is 6.95. The maximum Gasteiger partial charge on any atom is 0.410 e. The zero-order chi connectivity index (χ0) is 38.7. The van der Waals surface area contributed by atoms with E-state index in [1.54, 1.807) is 11.0 Å². The van der Waals surface area contributed by atoms with Crippen molar-refractivity contribution in [2.24, 2.45) is 0 Å². The quantitative estimate of drug-likeness (QED) is 0.132. The van der Waals surface area contributed by atoms with Crippen molar-refractivity contribution in [2.45, 2.75) is 72.1 Å². The summed E-state index contributed by atoms with van der Waals surface area (Å²) in [5.41, 5.74) is 6.36. The molecule has 2 aliphatic heterocycles. The summed E-state index contributed by atoms with van der Waals surface area (Å²) in [6.45, 7) is 15.0. The molecule has 11 nitrogen and oxygen atoms in total. The maximum atomic E-state index is 12.4. The van der Waals surface area contributed by atoms with Gasteiger partial charge in [-0.2, -0.15) is 0 Å². The number of aromatic nitrogens is 4. The van der Waals surface area contributed by atoms with Crippen LogP contribution < -0.4 is 16.0 Å². The first-order valence-electron chi connectivity index (χ1n) is 19.0. The molecule has 2 fully saturated rings. The number of carbonyl (C=O) groups is 1. The average molecular weight is 739 g/mol. The summed E-state index contributed by atoms with van der Waals surface area (Å²) >= 11 is 0. The van der Waals surface area contributed by atoms with Crippen LogP contribution in [0.25, 0.3) is 44.6 Å². The monoisotopic (exact) mass is 738 g/mol. The Bertz CT molecular complexity index is 2330. The number of aryl methyl sites for hydroxylation is 3. The van der Waals surface area contributed by atoms with Gasteiger partial charge in [0, 0.05) is 48.1 Å². The molecule has 0 aliphatic carbocycles. The van der Waals surface area contributed by atoms with E-state index in [0.29, 0.717) is 36.3 Å². The minimum atomic E-state index is -0.494. The molecule has 1 amide bonds. The van der Waals surface area contributed by atoms with Gasteiger partial charge in [0.05, 0.1) is 16.6 Å². The van der Waals surface area contributed by atoms with E-state index < -0.39 is 5.60 Å². The summed E-state index contributed by atoms with van der Waals surface area (Å²) in [5, 5.41) is 22.7. The minimum Gasteiger partial charge on any atom is -0.507 e. The van der Waals surface area contributed by atoms with Crippen LogP contribution in [0, 0.1) is 20.8 Å². The number of anilines is 2. The van der Waals surface area contributed by atoms with Crippen molar-refractivity contribution in [1.29, 1.82) is 0 Å². The van der Waals surface area contributed by atoms with E-state index in [9.17, 15) is 9.90 Å². The van der Waals surface area contributed by atoms with Crippen LogP contribution in [0.3, 0.4) is 0 Å². The summed E-state index contributed by atoms with van der Waals surface area (Å²) in [7, 11) is 0. The smallest absolute Gasteiger partial charge is 0.410 e. The largest absolute Gasteiger partial charge is 0.507 e. The molecule has 4 N–H and O–H groups in total. The topological polar surface area (TPSA) is 137 Å². The van der Waals surface area contributed by atoms with Gasteiger partial charge in [0.2, 0.25) is 0 Å². The molecule has 284 valence electrons. The number of likely N-dealkylation sites (tertiary alicyclic amines) is 1. The summed E-state index contributed by atoms with van der Waals surface area (Å²) in [6, 6.07) is 28.3. The molecule has 2 aromatic heterocycles. The van der Waals surface area contributed by atoms with Gasteiger partial charge in [0.1, 0.15) is 23.0 Å². The highest BCUT2D eigenvalue weighted by atomic mass is 16.6. The number of phenolic OH excluding ortho intramolecular Hbond substituents is 1. The summed E-state index contributed by atoms with van der Waals surface area (Å²) in [5.74, 6) is 3.08. The first-order chi connectivity index (χ1) is 26.4. The number of nitrogens with zero attached hydrogens (tertiary/aromatic N) is 5. The van der Waals surface area contributed by atoms with Crippen LogP contribution in [0.2, 0.25) is 0 Å². The summed E-state index contributed by atoms with van der Waals surface area (Å²) < 4.78 is 5.53. The Labute approximate surface area is 322 Å². The van der Waals surface area contributed by atoms with E-state index in [0.717, 1.165) is 76.1 Å². The molecular weight excluding hydrogens is 689 g/mol. The first-order valence-corrected chi connectivity index (χ1v) is 19.0. The SMILES string of the molecule is Cc1ccc(C)c(-c2nc(N[C@H]3CCN(C(=O)OC(C)(C)C)C3)c3ccccc3n2)c1.Cc1ccc(O)c(-c2nc(N[C@H]3CCNC3)c3ccccc3n2)c1. The molecule has 6 aromatic rings. The van der Waals surface area contributed by atoms with Crippen LogP contribution in [0.1, 0.15) is 50.3 Å². The number of nitrogens with one attached hydrogen (secondary N) is 3. The first kappa shape index (κ1) is 37.5. The maximum absolute atomic E-state index is 12.4. The van der Waals surface area contributed by atoms with Crippen molar-refractivity contribution >= 4 is 39.5 Å². The zero-order valence-electron chi connectivity index (χ0n) is 32.5. The van der Waals surface area contributed by atoms with Gasteiger partial charge in [-0.25, -0.2) is 24.7 Å². The fraction of sp³-hybridized carbons (Fsp3) is 0.341. The third kappa shape index (κ3) is 8.95. The normalized spacial score (nSPS) is 16.9. The predicted octanol–water partition coefficient (Wildman–Crippen LogP) is 8.42. The van der Waals surface area contributed by atoms with E-state index >= 15 is 0 Å². The van der Waals surface area contributed by atoms with Crippen LogP contribution in [-0.4, -0.2) is 79.9 Å². The molecule has 0 saturated carbocycles. The molecule has 4 heterocycles. The van der Waals surface area contributed by atoms with Gasteiger partial charge >= 0.3 is 6.09 Å². The highest BCUT2D eigenvalue weighted by Crippen LogP contribution is 2.32. The molecule has 2 atom stereocenters. The van der Waals surface area contributed by atoms with Gasteiger partial charge < -0.3 is 30.7 Å². The Morgan fingerprint density at radius 1 is 0.764 bits per heavy atom. The number of hydrogen-bond acceptors (Lipinski definition) is 10. The number of hydrogen-bond donors (Lipinski definition) is 4. The predicted molar refractivity (Wildman–Crippen MR) is 221 cm³/mol. The molecule has 2 saturated heterocycles. The molecule has 4 aromatic carbocycles. The van der Waals surface area contributed by atoms with Gasteiger partial charge in [-0.3, -0.25) is 0 Å². The van der Waals surface area contributed by atoms with Gasteiger partial charge in [0.15, 0.2) is 11.6 Å². The molecular formula is C44H50N8O3. The Hall–Kier alpha value is -5.81. The minimum absolute atomic E-state index is 0.109. The number of benzene rings is 4. The Morgan fingerprint density at radius 2 is 1.35 bits per heavy atom. The fourth-order valence-corrected chi connectivity index (χ4v) is 6.95. The van der Waals surface area contributed by atoms with Crippen LogP contribution >= 0.6 is 0 Å². The van der Waals surface area contributed by atoms with Crippen molar-refractivity contribution in [2.75, 3.05) is 36.8 Å². The van der Waals surface area contributed by atoms with Gasteiger partial charge in [-0.1, -0.05) is 53.6 Å². The highest BCUT2D eigenvalue weighted by molar-refractivity contribution is 5.92.